The first kappa shape index (κ1) is 16.9. The lowest BCUT2D eigenvalue weighted by Gasteiger charge is -2.27. The largest absolute Gasteiger partial charge is 0.435 e. The molecule has 1 fully saturated rings. The van der Waals surface area contributed by atoms with Crippen LogP contribution in [0.5, 0.6) is 5.75 Å². The van der Waals surface area contributed by atoms with Gasteiger partial charge in [-0.3, -0.25) is 0 Å². The van der Waals surface area contributed by atoms with Crippen molar-refractivity contribution in [3.8, 4) is 16.9 Å². The monoisotopic (exact) mass is 333 g/mol. The highest BCUT2D eigenvalue weighted by Crippen LogP contribution is 2.30. The Labute approximate surface area is 140 Å². The van der Waals surface area contributed by atoms with Crippen LogP contribution in [0.15, 0.2) is 48.5 Å². The van der Waals surface area contributed by atoms with Crippen LogP contribution < -0.4 is 10.1 Å². The number of piperidine rings is 1. The Hall–Kier alpha value is -1.98. The lowest BCUT2D eigenvalue weighted by atomic mass is 9.89. The molecule has 5 heteroatoms. The summed E-state index contributed by atoms with van der Waals surface area (Å²) < 4.78 is 29.1. The Morgan fingerprint density at radius 3 is 2.54 bits per heavy atom. The second kappa shape index (κ2) is 7.73. The fraction of sp³-hybridized carbons (Fsp3) is 0.368. The first-order valence-electron chi connectivity index (χ1n) is 8.17. The van der Waals surface area contributed by atoms with Gasteiger partial charge in [-0.15, -0.1) is 0 Å². The van der Waals surface area contributed by atoms with E-state index in [0.29, 0.717) is 0 Å². The van der Waals surface area contributed by atoms with Crippen LogP contribution in [0.2, 0.25) is 0 Å². The van der Waals surface area contributed by atoms with Crippen molar-refractivity contribution in [3.63, 3.8) is 0 Å². The molecule has 1 saturated heterocycles. The van der Waals surface area contributed by atoms with E-state index in [1.165, 1.54) is 6.07 Å². The van der Waals surface area contributed by atoms with E-state index >= 15 is 0 Å². The number of aliphatic hydroxyl groups is 1. The molecule has 1 aliphatic heterocycles. The van der Waals surface area contributed by atoms with E-state index < -0.39 is 12.7 Å². The fourth-order valence-electron chi connectivity index (χ4n) is 3.15. The summed E-state index contributed by atoms with van der Waals surface area (Å²) >= 11 is 0. The van der Waals surface area contributed by atoms with Crippen molar-refractivity contribution in [1.82, 2.24) is 5.32 Å². The van der Waals surface area contributed by atoms with Crippen molar-refractivity contribution in [2.24, 2.45) is 5.92 Å². The molecule has 3 nitrogen and oxygen atoms in total. The highest BCUT2D eigenvalue weighted by Gasteiger charge is 2.22. The topological polar surface area (TPSA) is 41.5 Å². The molecule has 3 rings (SSSR count). The van der Waals surface area contributed by atoms with Crippen molar-refractivity contribution < 1.29 is 18.6 Å². The van der Waals surface area contributed by atoms with Gasteiger partial charge in [0.15, 0.2) is 0 Å². The number of hydrogen-bond donors (Lipinski definition) is 2. The first-order chi connectivity index (χ1) is 11.6. The minimum Gasteiger partial charge on any atom is -0.435 e. The number of nitrogens with one attached hydrogen (secondary N) is 1. The second-order valence-corrected chi connectivity index (χ2v) is 6.08. The van der Waals surface area contributed by atoms with Gasteiger partial charge in [0.1, 0.15) is 5.75 Å². The number of rotatable bonds is 5. The Morgan fingerprint density at radius 2 is 1.88 bits per heavy atom. The maximum atomic E-state index is 12.3. The molecule has 2 unspecified atom stereocenters. The van der Waals surface area contributed by atoms with Crippen molar-refractivity contribution in [3.05, 3.63) is 54.1 Å². The maximum absolute atomic E-state index is 12.3. The number of benzene rings is 2. The summed E-state index contributed by atoms with van der Waals surface area (Å²) in [5.74, 6) is 0.368. The average Bonchev–Trinajstić information content (AvgIpc) is 2.62. The molecule has 24 heavy (non-hydrogen) atoms. The van der Waals surface area contributed by atoms with Crippen LogP contribution in [0.25, 0.3) is 11.1 Å². The average molecular weight is 333 g/mol. The van der Waals surface area contributed by atoms with Crippen molar-refractivity contribution in [2.75, 3.05) is 13.1 Å². The van der Waals surface area contributed by atoms with Gasteiger partial charge >= 0.3 is 6.61 Å². The molecule has 2 atom stereocenters. The van der Waals surface area contributed by atoms with Gasteiger partial charge in [-0.1, -0.05) is 36.4 Å². The van der Waals surface area contributed by atoms with Gasteiger partial charge in [0.25, 0.3) is 0 Å². The van der Waals surface area contributed by atoms with Crippen molar-refractivity contribution >= 4 is 0 Å². The van der Waals surface area contributed by atoms with Crippen LogP contribution in [-0.2, 0) is 0 Å². The van der Waals surface area contributed by atoms with Crippen LogP contribution in [0, 0.1) is 5.92 Å². The summed E-state index contributed by atoms with van der Waals surface area (Å²) in [5, 5.41) is 13.8. The van der Waals surface area contributed by atoms with Crippen molar-refractivity contribution in [1.29, 1.82) is 0 Å². The Kier molecular flexibility index (Phi) is 5.43. The minimum absolute atomic E-state index is 0.139. The summed E-state index contributed by atoms with van der Waals surface area (Å²) in [6.45, 7) is -0.989. The molecule has 1 aliphatic rings. The Bertz CT molecular complexity index is 655. The molecular formula is C19H21F2NO2. The van der Waals surface area contributed by atoms with Gasteiger partial charge in [0.05, 0.1) is 6.10 Å². The van der Waals surface area contributed by atoms with E-state index in [4.69, 9.17) is 0 Å². The number of halogens is 2. The van der Waals surface area contributed by atoms with E-state index in [0.717, 1.165) is 42.6 Å². The number of ether oxygens (including phenoxy) is 1. The molecule has 0 radical (unpaired) electrons. The summed E-state index contributed by atoms with van der Waals surface area (Å²) in [5.41, 5.74) is 2.58. The molecule has 0 bridgehead atoms. The lowest BCUT2D eigenvalue weighted by molar-refractivity contribution is -0.0498. The third-order valence-corrected chi connectivity index (χ3v) is 4.43. The smallest absolute Gasteiger partial charge is 0.387 e. The molecule has 2 aromatic rings. The van der Waals surface area contributed by atoms with Crippen LogP contribution in [0.3, 0.4) is 0 Å². The van der Waals surface area contributed by atoms with Gasteiger partial charge < -0.3 is 15.2 Å². The van der Waals surface area contributed by atoms with Gasteiger partial charge in [-0.2, -0.15) is 8.78 Å². The molecule has 2 aromatic carbocycles. The van der Waals surface area contributed by atoms with Crippen LogP contribution >= 0.6 is 0 Å². The van der Waals surface area contributed by atoms with E-state index in [1.54, 1.807) is 12.1 Å². The van der Waals surface area contributed by atoms with Crippen LogP contribution in [-0.4, -0.2) is 24.8 Å². The fourth-order valence-corrected chi connectivity index (χ4v) is 3.15. The van der Waals surface area contributed by atoms with E-state index in [2.05, 4.69) is 10.1 Å². The molecule has 0 spiro atoms. The highest BCUT2D eigenvalue weighted by molar-refractivity contribution is 5.65. The third kappa shape index (κ3) is 4.10. The van der Waals surface area contributed by atoms with Gasteiger partial charge in [-0.05, 0) is 48.2 Å². The normalized spacial score (nSPS) is 19.2. The first-order valence-corrected chi connectivity index (χ1v) is 8.17. The predicted octanol–water partition coefficient (Wildman–Crippen LogP) is 3.99. The standard InChI is InChI=1S/C19H21F2NO2/c20-19(21)24-17-5-1-3-15(11-17)13-6-8-14(9-7-13)18(23)16-4-2-10-22-12-16/h1,3,5-9,11,16,18-19,22-23H,2,4,10,12H2. The molecule has 0 amide bonds. The van der Waals surface area contributed by atoms with Gasteiger partial charge in [0, 0.05) is 12.5 Å². The van der Waals surface area contributed by atoms with Crippen LogP contribution in [0.1, 0.15) is 24.5 Å². The Balaban J connectivity index is 1.74. The summed E-state index contributed by atoms with van der Waals surface area (Å²) in [6, 6.07) is 14.2. The minimum atomic E-state index is -2.83. The number of alkyl halides is 2. The third-order valence-electron chi connectivity index (χ3n) is 4.43. The SMILES string of the molecule is OC(c1ccc(-c2cccc(OC(F)F)c2)cc1)C1CCCNC1. The zero-order valence-corrected chi connectivity index (χ0v) is 13.3. The summed E-state index contributed by atoms with van der Waals surface area (Å²) in [6.07, 6.45) is 1.61. The van der Waals surface area contributed by atoms with E-state index in [9.17, 15) is 13.9 Å². The lowest BCUT2D eigenvalue weighted by Crippen LogP contribution is -2.33. The number of hydrogen-bond acceptors (Lipinski definition) is 3. The highest BCUT2D eigenvalue weighted by atomic mass is 19.3. The van der Waals surface area contributed by atoms with Gasteiger partial charge in [-0.25, -0.2) is 0 Å². The summed E-state index contributed by atoms with van der Waals surface area (Å²) in [4.78, 5) is 0. The van der Waals surface area contributed by atoms with Gasteiger partial charge in [0.2, 0.25) is 0 Å². The molecule has 1 heterocycles. The van der Waals surface area contributed by atoms with Crippen molar-refractivity contribution in [2.45, 2.75) is 25.6 Å². The molecule has 2 N–H and O–H groups in total. The molecule has 128 valence electrons. The van der Waals surface area contributed by atoms with Crippen LogP contribution in [0.4, 0.5) is 8.78 Å². The number of aliphatic hydroxyl groups excluding tert-OH is 1. The summed E-state index contributed by atoms with van der Waals surface area (Å²) in [7, 11) is 0. The molecule has 0 saturated carbocycles. The quantitative estimate of drug-likeness (QED) is 0.869. The molecule has 0 aliphatic carbocycles. The maximum Gasteiger partial charge on any atom is 0.387 e. The molecular weight excluding hydrogens is 312 g/mol. The zero-order chi connectivity index (χ0) is 16.9. The van der Waals surface area contributed by atoms with E-state index in [1.807, 2.05) is 30.3 Å². The zero-order valence-electron chi connectivity index (χ0n) is 13.3. The Morgan fingerprint density at radius 1 is 1.08 bits per heavy atom. The van der Waals surface area contributed by atoms with E-state index in [-0.39, 0.29) is 11.7 Å². The molecule has 0 aromatic heterocycles. The predicted molar refractivity (Wildman–Crippen MR) is 89.1 cm³/mol. The second-order valence-electron chi connectivity index (χ2n) is 6.08.